The Hall–Kier alpha value is -3.08. The third kappa shape index (κ3) is 5.07. The van der Waals surface area contributed by atoms with Crippen LogP contribution in [0.5, 0.6) is 5.75 Å². The number of methoxy groups -OCH3 is 1. The number of aryl methyl sites for hydroxylation is 2. The van der Waals surface area contributed by atoms with Crippen LogP contribution in [0.25, 0.3) is 11.1 Å². The number of aromatic nitrogens is 3. The second kappa shape index (κ2) is 10.1. The van der Waals surface area contributed by atoms with Gasteiger partial charge in [0.1, 0.15) is 10.9 Å². The van der Waals surface area contributed by atoms with E-state index in [0.717, 1.165) is 16.3 Å². The van der Waals surface area contributed by atoms with Gasteiger partial charge >= 0.3 is 0 Å². The normalized spacial score (nSPS) is 20.7. The maximum absolute atomic E-state index is 13.3. The van der Waals surface area contributed by atoms with Gasteiger partial charge in [-0.15, -0.1) is 11.3 Å². The van der Waals surface area contributed by atoms with E-state index >= 15 is 0 Å². The van der Waals surface area contributed by atoms with Crippen molar-refractivity contribution in [1.82, 2.24) is 20.3 Å². The van der Waals surface area contributed by atoms with Gasteiger partial charge in [0.15, 0.2) is 5.13 Å². The summed E-state index contributed by atoms with van der Waals surface area (Å²) in [4.78, 5) is 40.0. The van der Waals surface area contributed by atoms with E-state index in [1.165, 1.54) is 30.8 Å². The average Bonchev–Trinajstić information content (AvgIpc) is 3.24. The van der Waals surface area contributed by atoms with E-state index in [4.69, 9.17) is 16.3 Å². The first-order valence-electron chi connectivity index (χ1n) is 11.8. The number of nitrogens with one attached hydrogen (secondary N) is 2. The molecule has 1 fully saturated rings. The highest BCUT2D eigenvalue weighted by atomic mass is 35.5. The first-order valence-corrected chi connectivity index (χ1v) is 12.9. The summed E-state index contributed by atoms with van der Waals surface area (Å²) in [7, 11) is 1.53. The number of aliphatic hydroxyl groups excluding tert-OH is 1. The van der Waals surface area contributed by atoms with E-state index in [2.05, 4.69) is 25.6 Å². The molecule has 0 spiro atoms. The fraction of sp³-hybridized carbons (Fsp3) is 0.400. The van der Waals surface area contributed by atoms with E-state index in [-0.39, 0.29) is 35.0 Å². The van der Waals surface area contributed by atoms with Gasteiger partial charge in [0.05, 0.1) is 30.7 Å². The highest BCUT2D eigenvalue weighted by Gasteiger charge is 2.33. The topological polar surface area (TPSA) is 126 Å². The van der Waals surface area contributed by atoms with Crippen LogP contribution in [-0.2, 0) is 17.6 Å². The number of hydrogen-bond donors (Lipinski definition) is 3. The Kier molecular flexibility index (Phi) is 6.92. The van der Waals surface area contributed by atoms with Gasteiger partial charge in [-0.25, -0.2) is 9.97 Å². The summed E-state index contributed by atoms with van der Waals surface area (Å²) in [6.07, 6.45) is 5.96. The molecule has 0 aliphatic heterocycles. The van der Waals surface area contributed by atoms with Gasteiger partial charge in [-0.05, 0) is 51.2 Å². The number of hydrogen-bond acceptors (Lipinski definition) is 8. The number of fused-ring (bicyclic) bond motifs is 1. The Morgan fingerprint density at radius 3 is 2.75 bits per heavy atom. The van der Waals surface area contributed by atoms with Gasteiger partial charge in [-0.2, -0.15) is 0 Å². The lowest BCUT2D eigenvalue weighted by Gasteiger charge is -2.33. The Balaban J connectivity index is 1.33. The van der Waals surface area contributed by atoms with Gasteiger partial charge in [0, 0.05) is 39.9 Å². The predicted octanol–water partition coefficient (Wildman–Crippen LogP) is 3.57. The summed E-state index contributed by atoms with van der Waals surface area (Å²) in [5.41, 5.74) is 3.28. The van der Waals surface area contributed by atoms with Crippen LogP contribution in [0.15, 0.2) is 24.5 Å². The molecule has 3 aromatic rings. The maximum Gasteiger partial charge on any atom is 0.259 e. The third-order valence-corrected chi connectivity index (χ3v) is 7.86. The minimum Gasteiger partial charge on any atom is -0.494 e. The molecule has 0 saturated heterocycles. The highest BCUT2D eigenvalue weighted by molar-refractivity contribution is 7.15. The molecule has 1 atom stereocenters. The molecule has 36 heavy (non-hydrogen) atoms. The molecule has 2 aliphatic carbocycles. The van der Waals surface area contributed by atoms with Crippen molar-refractivity contribution >= 4 is 39.9 Å². The zero-order valence-electron chi connectivity index (χ0n) is 19.9. The summed E-state index contributed by atoms with van der Waals surface area (Å²) in [6, 6.07) is 3.53. The number of pyridine rings is 2. The molecule has 188 valence electrons. The van der Waals surface area contributed by atoms with Gasteiger partial charge in [0.25, 0.3) is 5.91 Å². The first kappa shape index (κ1) is 24.6. The molecular formula is C25H26ClN5O4S. The largest absolute Gasteiger partial charge is 0.494 e. The second-order valence-electron chi connectivity index (χ2n) is 9.19. The minimum atomic E-state index is -0.351. The number of aliphatic hydroxyl groups is 1. The summed E-state index contributed by atoms with van der Waals surface area (Å²) in [5, 5.41) is 16.2. The van der Waals surface area contributed by atoms with Crippen LogP contribution in [0.2, 0.25) is 5.15 Å². The van der Waals surface area contributed by atoms with Gasteiger partial charge in [-0.1, -0.05) is 11.6 Å². The molecule has 5 rings (SSSR count). The number of anilines is 1. The summed E-state index contributed by atoms with van der Waals surface area (Å²) in [6.45, 7) is 1.84. The molecule has 2 amide bonds. The molecule has 0 bridgehead atoms. The van der Waals surface area contributed by atoms with Gasteiger partial charge in [-0.3, -0.25) is 19.9 Å². The van der Waals surface area contributed by atoms with E-state index in [9.17, 15) is 14.7 Å². The van der Waals surface area contributed by atoms with Crippen molar-refractivity contribution in [2.75, 3.05) is 12.4 Å². The van der Waals surface area contributed by atoms with Crippen LogP contribution in [0.3, 0.4) is 0 Å². The number of thiazole rings is 1. The number of carbonyl (C=O) groups excluding carboxylic acids is 2. The van der Waals surface area contributed by atoms with Crippen molar-refractivity contribution in [1.29, 1.82) is 0 Å². The fourth-order valence-electron chi connectivity index (χ4n) is 4.60. The van der Waals surface area contributed by atoms with Crippen molar-refractivity contribution in [2.24, 2.45) is 5.92 Å². The Morgan fingerprint density at radius 1 is 1.19 bits per heavy atom. The summed E-state index contributed by atoms with van der Waals surface area (Å²) >= 11 is 7.53. The number of halogens is 1. The molecular weight excluding hydrogens is 502 g/mol. The van der Waals surface area contributed by atoms with Gasteiger partial charge < -0.3 is 15.2 Å². The molecule has 3 N–H and O–H groups in total. The van der Waals surface area contributed by atoms with Crippen molar-refractivity contribution in [3.8, 4) is 16.9 Å². The van der Waals surface area contributed by atoms with Gasteiger partial charge in [0.2, 0.25) is 5.91 Å². The lowest BCUT2D eigenvalue weighted by molar-refractivity contribution is -0.127. The lowest BCUT2D eigenvalue weighted by Crippen LogP contribution is -2.49. The molecule has 3 aromatic heterocycles. The van der Waals surface area contributed by atoms with E-state index in [1.54, 1.807) is 12.1 Å². The highest BCUT2D eigenvalue weighted by Crippen LogP contribution is 2.36. The Morgan fingerprint density at radius 2 is 2.00 bits per heavy atom. The van der Waals surface area contributed by atoms with Crippen LogP contribution >= 0.6 is 22.9 Å². The van der Waals surface area contributed by atoms with Crippen molar-refractivity contribution in [3.63, 3.8) is 0 Å². The number of rotatable bonds is 6. The standard InChI is InChI=1S/C25H26ClN5O4S/c1-12-5-16(17-9-22(26)28-11-20(17)35-2)18(10-27-12)24(34)31-25-30-19-4-3-13(6-21(19)36-25)23(33)29-14-7-15(32)8-14/h5,9-11,13-15,32H,3-4,6-8H2,1-2H3,(H,29,33)(H,30,31,34)/t13-,14?,15?/m0/s1. The first-order chi connectivity index (χ1) is 17.3. The Labute approximate surface area is 217 Å². The SMILES string of the molecule is COc1cnc(Cl)cc1-c1cc(C)ncc1C(=O)Nc1nc2c(s1)C[C@@H](C(=O)NC1CC(O)C1)CC2. The van der Waals surface area contributed by atoms with Crippen LogP contribution in [0, 0.1) is 12.8 Å². The zero-order chi connectivity index (χ0) is 25.4. The van der Waals surface area contributed by atoms with Crippen LogP contribution in [0.1, 0.15) is 45.9 Å². The molecule has 0 aromatic carbocycles. The molecule has 11 heteroatoms. The minimum absolute atomic E-state index is 0.0249. The van der Waals surface area contributed by atoms with Crippen molar-refractivity contribution in [3.05, 3.63) is 51.5 Å². The van der Waals surface area contributed by atoms with E-state index in [0.29, 0.717) is 59.7 Å². The zero-order valence-corrected chi connectivity index (χ0v) is 21.4. The van der Waals surface area contributed by atoms with E-state index < -0.39 is 0 Å². The monoisotopic (exact) mass is 527 g/mol. The molecule has 2 aliphatic rings. The molecule has 9 nitrogen and oxygen atoms in total. The van der Waals surface area contributed by atoms with Crippen molar-refractivity contribution in [2.45, 2.75) is 51.2 Å². The number of ether oxygens (including phenoxy) is 1. The van der Waals surface area contributed by atoms with Crippen LogP contribution < -0.4 is 15.4 Å². The Bertz CT molecular complexity index is 1320. The quantitative estimate of drug-likeness (QED) is 0.418. The average molecular weight is 528 g/mol. The molecule has 3 heterocycles. The smallest absolute Gasteiger partial charge is 0.259 e. The van der Waals surface area contributed by atoms with Crippen LogP contribution in [-0.4, -0.2) is 51.1 Å². The number of carbonyl (C=O) groups is 2. The molecule has 1 saturated carbocycles. The summed E-state index contributed by atoms with van der Waals surface area (Å²) in [5.74, 6) is 0.0359. The third-order valence-electron chi connectivity index (χ3n) is 6.62. The number of nitrogens with zero attached hydrogens (tertiary/aromatic N) is 3. The number of amides is 2. The lowest BCUT2D eigenvalue weighted by atomic mass is 9.86. The predicted molar refractivity (Wildman–Crippen MR) is 137 cm³/mol. The van der Waals surface area contributed by atoms with Crippen LogP contribution in [0.4, 0.5) is 5.13 Å². The second-order valence-corrected chi connectivity index (χ2v) is 10.7. The van der Waals surface area contributed by atoms with E-state index in [1.807, 2.05) is 6.92 Å². The molecule has 0 unspecified atom stereocenters. The molecule has 0 radical (unpaired) electrons. The summed E-state index contributed by atoms with van der Waals surface area (Å²) < 4.78 is 5.44. The maximum atomic E-state index is 13.3. The van der Waals surface area contributed by atoms with Crippen molar-refractivity contribution < 1.29 is 19.4 Å². The fourth-order valence-corrected chi connectivity index (χ4v) is 5.84.